The van der Waals surface area contributed by atoms with Gasteiger partial charge in [-0.1, -0.05) is 0 Å². The van der Waals surface area contributed by atoms with Crippen LogP contribution in [0.4, 0.5) is 10.1 Å². The number of fused-ring (bicyclic) bond motifs is 1. The number of benzene rings is 2. The Morgan fingerprint density at radius 2 is 1.81 bits per heavy atom. The highest BCUT2D eigenvalue weighted by molar-refractivity contribution is 5.93. The average Bonchev–Trinajstić information content (AvgIpc) is 3.63. The minimum absolute atomic E-state index is 0.0903. The van der Waals surface area contributed by atoms with Crippen molar-refractivity contribution in [1.29, 1.82) is 0 Å². The van der Waals surface area contributed by atoms with Gasteiger partial charge in [-0.15, -0.1) is 10.2 Å². The maximum absolute atomic E-state index is 15.2. The van der Waals surface area contributed by atoms with Crippen LogP contribution in [0.25, 0.3) is 22.4 Å². The fraction of sp³-hybridized carbons (Fsp3) is 0.308. The minimum Gasteiger partial charge on any atom is -0.508 e. The molecule has 0 unspecified atom stereocenters. The molecule has 2 N–H and O–H groups in total. The summed E-state index contributed by atoms with van der Waals surface area (Å²) in [6.07, 6.45) is 3.18. The summed E-state index contributed by atoms with van der Waals surface area (Å²) in [5, 5.41) is 27.2. The monoisotopic (exact) mass is 505 g/mol. The van der Waals surface area contributed by atoms with E-state index < -0.39 is 17.2 Å². The Morgan fingerprint density at radius 1 is 1.08 bits per heavy atom. The van der Waals surface area contributed by atoms with E-state index in [9.17, 15) is 19.8 Å². The lowest BCUT2D eigenvalue weighted by Gasteiger charge is -2.35. The van der Waals surface area contributed by atoms with E-state index in [-0.39, 0.29) is 22.7 Å². The van der Waals surface area contributed by atoms with Crippen LogP contribution in [-0.4, -0.2) is 62.0 Å². The van der Waals surface area contributed by atoms with Crippen molar-refractivity contribution >= 4 is 22.6 Å². The maximum Gasteiger partial charge on any atom is 0.341 e. The predicted molar refractivity (Wildman–Crippen MR) is 132 cm³/mol. The second kappa shape index (κ2) is 9.00. The zero-order valence-corrected chi connectivity index (χ0v) is 19.8. The van der Waals surface area contributed by atoms with Crippen molar-refractivity contribution in [2.45, 2.75) is 25.4 Å². The molecule has 6 rings (SSSR count). The minimum atomic E-state index is -1.31. The molecule has 1 saturated heterocycles. The van der Waals surface area contributed by atoms with Crippen molar-refractivity contribution in [3.8, 4) is 17.2 Å². The molecule has 3 heterocycles. The van der Waals surface area contributed by atoms with Crippen molar-refractivity contribution in [3.63, 3.8) is 0 Å². The van der Waals surface area contributed by atoms with Gasteiger partial charge in [0.25, 0.3) is 0 Å². The van der Waals surface area contributed by atoms with Crippen molar-refractivity contribution in [3.05, 3.63) is 70.1 Å². The van der Waals surface area contributed by atoms with Crippen molar-refractivity contribution in [2.75, 3.05) is 31.1 Å². The first-order valence-corrected chi connectivity index (χ1v) is 12.1. The van der Waals surface area contributed by atoms with Crippen molar-refractivity contribution in [2.24, 2.45) is 0 Å². The second-order valence-electron chi connectivity index (χ2n) is 9.45. The van der Waals surface area contributed by atoms with Crippen LogP contribution in [0.15, 0.2) is 51.8 Å². The van der Waals surface area contributed by atoms with Crippen molar-refractivity contribution < 1.29 is 23.8 Å². The van der Waals surface area contributed by atoms with E-state index in [2.05, 4.69) is 15.1 Å². The summed E-state index contributed by atoms with van der Waals surface area (Å²) in [5.74, 6) is -0.850. The van der Waals surface area contributed by atoms with Gasteiger partial charge in [-0.3, -0.25) is 9.69 Å². The van der Waals surface area contributed by atoms with Gasteiger partial charge in [-0.05, 0) is 49.2 Å². The molecule has 37 heavy (non-hydrogen) atoms. The molecule has 0 radical (unpaired) electrons. The van der Waals surface area contributed by atoms with E-state index in [0.717, 1.165) is 12.8 Å². The van der Waals surface area contributed by atoms with Gasteiger partial charge in [-0.25, -0.2) is 9.18 Å². The molecular formula is C26H24FN5O5. The summed E-state index contributed by atoms with van der Waals surface area (Å²) in [7, 11) is 0. The number of carboxylic acid groups (broad SMARTS) is 1. The fourth-order valence-corrected chi connectivity index (χ4v) is 4.78. The van der Waals surface area contributed by atoms with Crippen molar-refractivity contribution in [1.82, 2.24) is 19.7 Å². The number of halogens is 1. The highest BCUT2D eigenvalue weighted by atomic mass is 19.1. The van der Waals surface area contributed by atoms with Gasteiger partial charge in [0, 0.05) is 49.4 Å². The Hall–Kier alpha value is -4.25. The quantitative estimate of drug-likeness (QED) is 0.406. The number of phenolic OH excluding ortho intramolecular Hbond substituents is 1. The molecule has 10 nitrogen and oxygen atoms in total. The molecule has 2 fully saturated rings. The topological polar surface area (TPSA) is 125 Å². The Balaban J connectivity index is 1.19. The Kier molecular flexibility index (Phi) is 5.64. The number of phenols is 1. The molecule has 2 aromatic heterocycles. The van der Waals surface area contributed by atoms with E-state index in [1.165, 1.54) is 12.3 Å². The standard InChI is InChI=1S/C26H24FN5O5/c27-20-11-18-21(32(16-3-4-16)13-19(24(18)34)26(35)36)12-22(20)31-9-7-30(8-10-31)14-23-28-29-25(37-23)15-1-5-17(33)6-2-15/h1-2,5-6,11-13,16,33H,3-4,7-10,14H2,(H,35,36). The number of nitrogens with zero attached hydrogens (tertiary/aromatic N) is 5. The Bertz CT molecular complexity index is 1550. The lowest BCUT2D eigenvalue weighted by molar-refractivity contribution is 0.0695. The van der Waals surface area contributed by atoms with Gasteiger partial charge in [0.05, 0.1) is 17.7 Å². The van der Waals surface area contributed by atoms with E-state index in [1.54, 1.807) is 34.9 Å². The number of aromatic hydroxyl groups is 1. The van der Waals surface area contributed by atoms with Gasteiger partial charge in [0.1, 0.15) is 17.1 Å². The largest absolute Gasteiger partial charge is 0.508 e. The van der Waals surface area contributed by atoms with Crippen LogP contribution in [-0.2, 0) is 6.54 Å². The van der Waals surface area contributed by atoms with Crippen LogP contribution in [0, 0.1) is 5.82 Å². The van der Waals surface area contributed by atoms with E-state index in [0.29, 0.717) is 61.3 Å². The Morgan fingerprint density at radius 3 is 2.49 bits per heavy atom. The number of carboxylic acids is 1. The summed E-state index contributed by atoms with van der Waals surface area (Å²) >= 11 is 0. The number of aromatic carboxylic acids is 1. The summed E-state index contributed by atoms with van der Waals surface area (Å²) < 4.78 is 22.8. The van der Waals surface area contributed by atoms with Crippen LogP contribution in [0.3, 0.4) is 0 Å². The smallest absolute Gasteiger partial charge is 0.341 e. The highest BCUT2D eigenvalue weighted by Crippen LogP contribution is 2.38. The predicted octanol–water partition coefficient (Wildman–Crippen LogP) is 3.25. The van der Waals surface area contributed by atoms with E-state index in [1.807, 2.05) is 4.90 Å². The molecule has 1 aliphatic heterocycles. The lowest BCUT2D eigenvalue weighted by atomic mass is 10.1. The third kappa shape index (κ3) is 4.42. The molecule has 4 aromatic rings. The van der Waals surface area contributed by atoms with Crippen LogP contribution in [0.1, 0.15) is 35.1 Å². The van der Waals surface area contributed by atoms with E-state index in [4.69, 9.17) is 4.42 Å². The molecule has 2 aromatic carbocycles. The number of hydrogen-bond acceptors (Lipinski definition) is 8. The first-order valence-electron chi connectivity index (χ1n) is 12.1. The number of piperazine rings is 1. The zero-order valence-electron chi connectivity index (χ0n) is 19.8. The van der Waals surface area contributed by atoms with Crippen LogP contribution >= 0.6 is 0 Å². The summed E-state index contributed by atoms with van der Waals surface area (Å²) in [6.45, 7) is 2.85. The first kappa shape index (κ1) is 23.2. The molecule has 190 valence electrons. The average molecular weight is 506 g/mol. The highest BCUT2D eigenvalue weighted by Gasteiger charge is 2.28. The third-order valence-corrected chi connectivity index (χ3v) is 6.92. The molecular weight excluding hydrogens is 481 g/mol. The molecule has 11 heteroatoms. The number of aromatic nitrogens is 3. The third-order valence-electron chi connectivity index (χ3n) is 6.92. The number of hydrogen-bond donors (Lipinski definition) is 2. The molecule has 0 bridgehead atoms. The van der Waals surface area contributed by atoms with Crippen LogP contribution in [0.2, 0.25) is 0 Å². The molecule has 1 saturated carbocycles. The molecule has 1 aliphatic carbocycles. The second-order valence-corrected chi connectivity index (χ2v) is 9.45. The maximum atomic E-state index is 15.2. The van der Waals surface area contributed by atoms with Gasteiger partial charge in [0.15, 0.2) is 0 Å². The van der Waals surface area contributed by atoms with Gasteiger partial charge in [0.2, 0.25) is 17.2 Å². The number of anilines is 1. The SMILES string of the molecule is O=C(O)c1cn(C2CC2)c2cc(N3CCN(Cc4nnc(-c5ccc(O)cc5)o4)CC3)c(F)cc2c1=O. The summed E-state index contributed by atoms with van der Waals surface area (Å²) in [4.78, 5) is 28.4. The molecule has 0 atom stereocenters. The van der Waals surface area contributed by atoms with Gasteiger partial charge >= 0.3 is 5.97 Å². The molecule has 2 aliphatic rings. The number of carbonyl (C=O) groups is 1. The summed E-state index contributed by atoms with van der Waals surface area (Å²) in [5.41, 5.74) is 0.671. The van der Waals surface area contributed by atoms with Gasteiger partial charge in [-0.2, -0.15) is 0 Å². The van der Waals surface area contributed by atoms with Crippen LogP contribution in [0.5, 0.6) is 5.75 Å². The van der Waals surface area contributed by atoms with Crippen LogP contribution < -0.4 is 10.3 Å². The van der Waals surface area contributed by atoms with E-state index >= 15 is 4.39 Å². The number of rotatable bonds is 6. The van der Waals surface area contributed by atoms with Gasteiger partial charge < -0.3 is 24.1 Å². The zero-order chi connectivity index (χ0) is 25.7. The Labute approximate surface area is 210 Å². The molecule has 0 amide bonds. The normalized spacial score (nSPS) is 16.4. The first-order chi connectivity index (χ1) is 17.9. The number of pyridine rings is 1. The molecule has 0 spiro atoms. The summed E-state index contributed by atoms with van der Waals surface area (Å²) in [6, 6.07) is 9.49. The fourth-order valence-electron chi connectivity index (χ4n) is 4.78. The lowest BCUT2D eigenvalue weighted by Crippen LogP contribution is -2.46.